The van der Waals surface area contributed by atoms with Gasteiger partial charge in [0.25, 0.3) is 0 Å². The summed E-state index contributed by atoms with van der Waals surface area (Å²) in [5.74, 6) is 0. The highest BCUT2D eigenvalue weighted by Crippen LogP contribution is 2.32. The number of nitrogens with one attached hydrogen (secondary N) is 3. The normalized spacial score (nSPS) is 14.7. The van der Waals surface area contributed by atoms with Crippen molar-refractivity contribution in [3.05, 3.63) is 88.4 Å². The molecule has 0 amide bonds. The molecule has 1 fully saturated rings. The molecule has 0 spiro atoms. The standard InChI is InChI=1S/C33H39N7/c1-24-29-13-15-36-32(29)12-11-31(24)38-33-28(21-34)23-37-25(2)30(33)10-9-26-5-7-27(8-6-26)22-35-14-4-16-40-19-17-39(3)18-20-40/h5-13,15,23,35-36H,4,14,16-20,22H2,1-3H3,(H,37,38)/b10-9+. The van der Waals surface area contributed by atoms with E-state index in [9.17, 15) is 5.26 Å². The molecule has 0 bridgehead atoms. The number of nitriles is 1. The molecular weight excluding hydrogens is 494 g/mol. The molecule has 2 aromatic carbocycles. The molecule has 0 saturated carbocycles. The monoisotopic (exact) mass is 533 g/mol. The summed E-state index contributed by atoms with van der Waals surface area (Å²) in [5.41, 5.74) is 8.68. The van der Waals surface area contributed by atoms with E-state index in [-0.39, 0.29) is 0 Å². The predicted molar refractivity (Wildman–Crippen MR) is 166 cm³/mol. The number of aromatic nitrogens is 2. The maximum Gasteiger partial charge on any atom is 0.103 e. The minimum atomic E-state index is 0.521. The van der Waals surface area contributed by atoms with Crippen LogP contribution in [0.2, 0.25) is 0 Å². The van der Waals surface area contributed by atoms with E-state index < -0.39 is 0 Å². The van der Waals surface area contributed by atoms with Crippen LogP contribution in [0, 0.1) is 25.2 Å². The Morgan fingerprint density at radius 3 is 2.60 bits per heavy atom. The van der Waals surface area contributed by atoms with Crippen molar-refractivity contribution in [2.75, 3.05) is 51.6 Å². The van der Waals surface area contributed by atoms with Crippen LogP contribution in [0.4, 0.5) is 11.4 Å². The van der Waals surface area contributed by atoms with Crippen LogP contribution >= 0.6 is 0 Å². The average Bonchev–Trinajstić information content (AvgIpc) is 3.46. The zero-order chi connectivity index (χ0) is 27.9. The lowest BCUT2D eigenvalue weighted by atomic mass is 10.0. The Kier molecular flexibility index (Phi) is 8.92. The number of hydrogen-bond acceptors (Lipinski definition) is 6. The summed E-state index contributed by atoms with van der Waals surface area (Å²) in [6.07, 6.45) is 8.91. The summed E-state index contributed by atoms with van der Waals surface area (Å²) in [7, 11) is 2.20. The fraction of sp³-hybridized carbons (Fsp3) is 0.333. The van der Waals surface area contributed by atoms with Crippen LogP contribution in [0.1, 0.15) is 39.9 Å². The van der Waals surface area contributed by atoms with E-state index in [1.54, 1.807) is 6.20 Å². The molecule has 5 rings (SSSR count). The number of piperazine rings is 1. The summed E-state index contributed by atoms with van der Waals surface area (Å²) >= 11 is 0. The molecule has 0 aliphatic carbocycles. The van der Waals surface area contributed by atoms with Crippen LogP contribution in [0.25, 0.3) is 23.1 Å². The van der Waals surface area contributed by atoms with Gasteiger partial charge in [-0.15, -0.1) is 0 Å². The first kappa shape index (κ1) is 27.6. The first-order valence-electron chi connectivity index (χ1n) is 14.1. The number of likely N-dealkylation sites (N-methyl/N-ethyl adjacent to an activating group) is 1. The van der Waals surface area contributed by atoms with Crippen molar-refractivity contribution in [3.8, 4) is 6.07 Å². The topological polar surface area (TPSA) is 83.0 Å². The van der Waals surface area contributed by atoms with Gasteiger partial charge in [-0.2, -0.15) is 5.26 Å². The van der Waals surface area contributed by atoms with Gasteiger partial charge < -0.3 is 25.4 Å². The van der Waals surface area contributed by atoms with E-state index in [2.05, 4.69) is 105 Å². The van der Waals surface area contributed by atoms with Gasteiger partial charge in [-0.3, -0.25) is 4.98 Å². The number of H-pyrrole nitrogens is 1. The molecule has 0 atom stereocenters. The van der Waals surface area contributed by atoms with Crippen molar-refractivity contribution in [2.24, 2.45) is 0 Å². The van der Waals surface area contributed by atoms with E-state index in [1.165, 1.54) is 44.7 Å². The van der Waals surface area contributed by atoms with Crippen molar-refractivity contribution in [1.29, 1.82) is 5.26 Å². The van der Waals surface area contributed by atoms with Crippen molar-refractivity contribution < 1.29 is 0 Å². The Morgan fingerprint density at radius 1 is 1.02 bits per heavy atom. The molecule has 206 valence electrons. The lowest BCUT2D eigenvalue weighted by Crippen LogP contribution is -2.45. The zero-order valence-corrected chi connectivity index (χ0v) is 23.8. The van der Waals surface area contributed by atoms with Crippen LogP contribution in [0.15, 0.2) is 54.9 Å². The number of hydrogen-bond donors (Lipinski definition) is 3. The molecule has 4 aromatic rings. The van der Waals surface area contributed by atoms with Crippen LogP contribution < -0.4 is 10.6 Å². The molecule has 1 saturated heterocycles. The van der Waals surface area contributed by atoms with Crippen LogP contribution in [0.3, 0.4) is 0 Å². The van der Waals surface area contributed by atoms with Crippen molar-refractivity contribution >= 4 is 34.4 Å². The molecule has 3 heterocycles. The van der Waals surface area contributed by atoms with Gasteiger partial charge in [0.1, 0.15) is 6.07 Å². The quantitative estimate of drug-likeness (QED) is 0.227. The smallest absolute Gasteiger partial charge is 0.103 e. The maximum absolute atomic E-state index is 9.85. The second-order valence-corrected chi connectivity index (χ2v) is 10.7. The molecule has 3 N–H and O–H groups in total. The number of rotatable bonds is 10. The van der Waals surface area contributed by atoms with Gasteiger partial charge in [-0.1, -0.05) is 36.4 Å². The van der Waals surface area contributed by atoms with Gasteiger partial charge in [-0.25, -0.2) is 0 Å². The third-order valence-corrected chi connectivity index (χ3v) is 7.87. The number of benzene rings is 2. The molecule has 1 aliphatic rings. The largest absolute Gasteiger partial charge is 0.361 e. The summed E-state index contributed by atoms with van der Waals surface area (Å²) in [4.78, 5) is 12.7. The Morgan fingerprint density at radius 2 is 1.82 bits per heavy atom. The molecule has 1 aliphatic heterocycles. The van der Waals surface area contributed by atoms with E-state index in [4.69, 9.17) is 0 Å². The van der Waals surface area contributed by atoms with Gasteiger partial charge in [0.05, 0.1) is 11.3 Å². The number of anilines is 2. The number of aromatic amines is 1. The highest BCUT2D eigenvalue weighted by Gasteiger charge is 2.14. The van der Waals surface area contributed by atoms with E-state index in [1.807, 2.05) is 13.1 Å². The number of fused-ring (bicyclic) bond motifs is 1. The first-order valence-corrected chi connectivity index (χ1v) is 14.1. The van der Waals surface area contributed by atoms with Gasteiger partial charge in [-0.05, 0) is 75.3 Å². The van der Waals surface area contributed by atoms with Gasteiger partial charge in [0, 0.05) is 73.0 Å². The lowest BCUT2D eigenvalue weighted by Gasteiger charge is -2.32. The summed E-state index contributed by atoms with van der Waals surface area (Å²) < 4.78 is 0. The summed E-state index contributed by atoms with van der Waals surface area (Å²) in [5, 5.41) is 18.1. The number of nitrogens with zero attached hydrogens (tertiary/aromatic N) is 4. The highest BCUT2D eigenvalue weighted by molar-refractivity contribution is 5.90. The highest BCUT2D eigenvalue weighted by atomic mass is 15.2. The number of aryl methyl sites for hydroxylation is 2. The molecule has 7 heteroatoms. The van der Waals surface area contributed by atoms with Crippen LogP contribution in [-0.2, 0) is 6.54 Å². The zero-order valence-electron chi connectivity index (χ0n) is 23.8. The average molecular weight is 534 g/mol. The molecule has 2 aromatic heterocycles. The SMILES string of the molecule is Cc1ncc(C#N)c(Nc2ccc3[nH]ccc3c2C)c1/C=C/c1ccc(CNCCCN2CCN(C)CC2)cc1. The van der Waals surface area contributed by atoms with Crippen molar-refractivity contribution in [2.45, 2.75) is 26.8 Å². The van der Waals surface area contributed by atoms with Crippen LogP contribution in [0.5, 0.6) is 0 Å². The molecular formula is C33H39N7. The van der Waals surface area contributed by atoms with E-state index in [0.717, 1.165) is 57.8 Å². The van der Waals surface area contributed by atoms with Crippen molar-refractivity contribution in [3.63, 3.8) is 0 Å². The lowest BCUT2D eigenvalue weighted by molar-refractivity contribution is 0.153. The summed E-state index contributed by atoms with van der Waals surface area (Å²) in [6.45, 7) is 11.9. The Balaban J connectivity index is 1.22. The molecule has 0 radical (unpaired) electrons. The van der Waals surface area contributed by atoms with Crippen molar-refractivity contribution in [1.82, 2.24) is 25.1 Å². The van der Waals surface area contributed by atoms with Gasteiger partial charge in [0.2, 0.25) is 0 Å². The van der Waals surface area contributed by atoms with E-state index in [0.29, 0.717) is 5.56 Å². The second kappa shape index (κ2) is 12.9. The minimum Gasteiger partial charge on any atom is -0.361 e. The Bertz CT molecular complexity index is 1500. The predicted octanol–water partition coefficient (Wildman–Crippen LogP) is 5.69. The first-order chi connectivity index (χ1) is 19.5. The molecule has 7 nitrogen and oxygen atoms in total. The Labute approximate surface area is 237 Å². The Hall–Kier alpha value is -3.96. The molecule has 0 unspecified atom stereocenters. The maximum atomic E-state index is 9.85. The summed E-state index contributed by atoms with van der Waals surface area (Å²) in [6, 6.07) is 17.2. The van der Waals surface area contributed by atoms with Gasteiger partial charge in [0.15, 0.2) is 0 Å². The third kappa shape index (κ3) is 6.60. The minimum absolute atomic E-state index is 0.521. The van der Waals surface area contributed by atoms with Gasteiger partial charge >= 0.3 is 0 Å². The fourth-order valence-electron chi connectivity index (χ4n) is 5.26. The van der Waals surface area contributed by atoms with E-state index >= 15 is 0 Å². The fourth-order valence-corrected chi connectivity index (χ4v) is 5.26. The number of pyridine rings is 1. The second-order valence-electron chi connectivity index (χ2n) is 10.7. The van der Waals surface area contributed by atoms with Crippen LogP contribution in [-0.4, -0.2) is 66.1 Å². The third-order valence-electron chi connectivity index (χ3n) is 7.87. The molecule has 40 heavy (non-hydrogen) atoms.